The summed E-state index contributed by atoms with van der Waals surface area (Å²) in [7, 11) is 1.72. The molecule has 1 aliphatic heterocycles. The number of benzene rings is 3. The molecule has 7 heteroatoms. The van der Waals surface area contributed by atoms with Crippen LogP contribution in [0.15, 0.2) is 78.9 Å². The third kappa shape index (κ3) is 6.65. The lowest BCUT2D eigenvalue weighted by Gasteiger charge is -2.36. The highest BCUT2D eigenvalue weighted by atomic mass is 35.5. The molecule has 0 aliphatic carbocycles. The van der Waals surface area contributed by atoms with Crippen molar-refractivity contribution in [3.63, 3.8) is 0 Å². The van der Waals surface area contributed by atoms with E-state index in [1.54, 1.807) is 13.2 Å². The number of hydrogen-bond donors (Lipinski definition) is 1. The van der Waals surface area contributed by atoms with Crippen LogP contribution in [-0.2, 0) is 0 Å². The Morgan fingerprint density at radius 3 is 2.24 bits per heavy atom. The molecule has 1 aliphatic rings. The van der Waals surface area contributed by atoms with E-state index in [9.17, 15) is 4.79 Å². The standard InChI is InChI=1S/C27H31N3O3.ClH/c1-32-26-15-8-6-13-24(26)30-19-17-29(18-20-30)16-9-21-33-25-14-7-5-12-23(25)27(31)28-22-10-3-2-4-11-22;/h2-8,10-15H,9,16-21H2,1H3,(H,28,31);1H. The van der Waals surface area contributed by atoms with E-state index < -0.39 is 0 Å². The number of rotatable bonds is 9. The maximum absolute atomic E-state index is 12.7. The number of carbonyl (C=O) groups is 1. The molecule has 0 atom stereocenters. The molecule has 34 heavy (non-hydrogen) atoms. The number of para-hydroxylation sites is 4. The number of nitrogens with one attached hydrogen (secondary N) is 1. The van der Waals surface area contributed by atoms with Crippen molar-refractivity contribution in [3.05, 3.63) is 84.4 Å². The number of anilines is 2. The van der Waals surface area contributed by atoms with Gasteiger partial charge in [0.2, 0.25) is 0 Å². The van der Waals surface area contributed by atoms with Crippen LogP contribution < -0.4 is 19.7 Å². The molecule has 0 bridgehead atoms. The second-order valence-electron chi connectivity index (χ2n) is 8.02. The molecule has 1 amide bonds. The fraction of sp³-hybridized carbons (Fsp3) is 0.296. The van der Waals surface area contributed by atoms with Crippen molar-refractivity contribution in [2.45, 2.75) is 6.42 Å². The Morgan fingerprint density at radius 1 is 0.853 bits per heavy atom. The second-order valence-corrected chi connectivity index (χ2v) is 8.02. The maximum Gasteiger partial charge on any atom is 0.259 e. The zero-order valence-electron chi connectivity index (χ0n) is 19.5. The van der Waals surface area contributed by atoms with Gasteiger partial charge in [0.25, 0.3) is 5.91 Å². The van der Waals surface area contributed by atoms with Crippen LogP contribution in [0, 0.1) is 0 Å². The molecule has 1 heterocycles. The summed E-state index contributed by atoms with van der Waals surface area (Å²) in [5.74, 6) is 1.38. The Kier molecular flexibility index (Phi) is 9.62. The molecule has 1 saturated heterocycles. The molecular weight excluding hydrogens is 450 g/mol. The molecular formula is C27H32ClN3O3. The molecule has 6 nitrogen and oxygen atoms in total. The Balaban J connectivity index is 0.00000324. The van der Waals surface area contributed by atoms with Gasteiger partial charge >= 0.3 is 0 Å². The molecule has 4 rings (SSSR count). The Bertz CT molecular complexity index is 1040. The summed E-state index contributed by atoms with van der Waals surface area (Å²) in [6.45, 7) is 5.51. The highest BCUT2D eigenvalue weighted by Crippen LogP contribution is 2.28. The van der Waals surface area contributed by atoms with Gasteiger partial charge in [0, 0.05) is 38.4 Å². The number of ether oxygens (including phenoxy) is 2. The monoisotopic (exact) mass is 481 g/mol. The lowest BCUT2D eigenvalue weighted by atomic mass is 10.2. The van der Waals surface area contributed by atoms with Gasteiger partial charge in [0.05, 0.1) is 25.0 Å². The van der Waals surface area contributed by atoms with Gasteiger partial charge in [-0.1, -0.05) is 42.5 Å². The predicted octanol–water partition coefficient (Wildman–Crippen LogP) is 4.96. The maximum atomic E-state index is 12.7. The normalized spacial score (nSPS) is 13.6. The first kappa shape index (κ1) is 25.4. The Morgan fingerprint density at radius 2 is 1.50 bits per heavy atom. The molecule has 0 saturated carbocycles. The quantitative estimate of drug-likeness (QED) is 0.438. The van der Waals surface area contributed by atoms with E-state index in [0.717, 1.165) is 56.3 Å². The minimum absolute atomic E-state index is 0. The van der Waals surface area contributed by atoms with Crippen molar-refractivity contribution in [1.29, 1.82) is 0 Å². The summed E-state index contributed by atoms with van der Waals surface area (Å²) in [5.41, 5.74) is 2.48. The van der Waals surface area contributed by atoms with Crippen molar-refractivity contribution in [2.24, 2.45) is 0 Å². The van der Waals surface area contributed by atoms with Crippen LogP contribution in [-0.4, -0.2) is 57.2 Å². The largest absolute Gasteiger partial charge is 0.495 e. The van der Waals surface area contributed by atoms with Crippen molar-refractivity contribution in [3.8, 4) is 11.5 Å². The molecule has 3 aromatic carbocycles. The number of halogens is 1. The van der Waals surface area contributed by atoms with Crippen LogP contribution in [0.5, 0.6) is 11.5 Å². The highest BCUT2D eigenvalue weighted by Gasteiger charge is 2.19. The first-order valence-corrected chi connectivity index (χ1v) is 11.4. The summed E-state index contributed by atoms with van der Waals surface area (Å²) in [6, 6.07) is 25.0. The van der Waals surface area contributed by atoms with E-state index in [1.807, 2.05) is 60.7 Å². The zero-order valence-corrected chi connectivity index (χ0v) is 20.3. The minimum Gasteiger partial charge on any atom is -0.495 e. The van der Waals surface area contributed by atoms with Crippen molar-refractivity contribution < 1.29 is 14.3 Å². The molecule has 0 radical (unpaired) electrons. The average molecular weight is 482 g/mol. The average Bonchev–Trinajstić information content (AvgIpc) is 2.88. The molecule has 3 aromatic rings. The SMILES string of the molecule is COc1ccccc1N1CCN(CCCOc2ccccc2C(=O)Nc2ccccc2)CC1.Cl. The van der Waals surface area contributed by atoms with E-state index in [2.05, 4.69) is 27.2 Å². The number of nitrogens with zero attached hydrogens (tertiary/aromatic N) is 2. The van der Waals surface area contributed by atoms with Crippen molar-refractivity contribution in [2.75, 3.05) is 56.7 Å². The van der Waals surface area contributed by atoms with Gasteiger partial charge in [0.1, 0.15) is 11.5 Å². The first-order valence-electron chi connectivity index (χ1n) is 11.4. The molecule has 1 N–H and O–H groups in total. The van der Waals surface area contributed by atoms with Crippen LogP contribution in [0.1, 0.15) is 16.8 Å². The van der Waals surface area contributed by atoms with Gasteiger partial charge in [-0.3, -0.25) is 9.69 Å². The topological polar surface area (TPSA) is 54.0 Å². The van der Waals surface area contributed by atoms with Crippen LogP contribution in [0.3, 0.4) is 0 Å². The number of piperazine rings is 1. The van der Waals surface area contributed by atoms with Crippen LogP contribution in [0.4, 0.5) is 11.4 Å². The second kappa shape index (κ2) is 12.9. The van der Waals surface area contributed by atoms with Gasteiger partial charge in [-0.15, -0.1) is 12.4 Å². The molecule has 0 aromatic heterocycles. The number of hydrogen-bond acceptors (Lipinski definition) is 5. The minimum atomic E-state index is -0.163. The molecule has 0 spiro atoms. The third-order valence-electron chi connectivity index (χ3n) is 5.84. The summed E-state index contributed by atoms with van der Waals surface area (Å²) in [5, 5.41) is 2.93. The van der Waals surface area contributed by atoms with E-state index in [4.69, 9.17) is 9.47 Å². The summed E-state index contributed by atoms with van der Waals surface area (Å²) in [4.78, 5) is 17.5. The number of methoxy groups -OCH3 is 1. The van der Waals surface area contributed by atoms with E-state index >= 15 is 0 Å². The van der Waals surface area contributed by atoms with Crippen LogP contribution in [0.2, 0.25) is 0 Å². The fourth-order valence-corrected chi connectivity index (χ4v) is 4.07. The van der Waals surface area contributed by atoms with E-state index in [1.165, 1.54) is 0 Å². The molecule has 0 unspecified atom stereocenters. The Labute approximate surface area is 207 Å². The molecule has 180 valence electrons. The van der Waals surface area contributed by atoms with Crippen molar-refractivity contribution in [1.82, 2.24) is 4.90 Å². The molecule has 1 fully saturated rings. The van der Waals surface area contributed by atoms with Crippen LogP contribution in [0.25, 0.3) is 0 Å². The fourth-order valence-electron chi connectivity index (χ4n) is 4.07. The lowest BCUT2D eigenvalue weighted by Crippen LogP contribution is -2.46. The highest BCUT2D eigenvalue weighted by molar-refractivity contribution is 6.06. The predicted molar refractivity (Wildman–Crippen MR) is 140 cm³/mol. The van der Waals surface area contributed by atoms with E-state index in [-0.39, 0.29) is 18.3 Å². The number of carbonyl (C=O) groups excluding carboxylic acids is 1. The third-order valence-corrected chi connectivity index (χ3v) is 5.84. The van der Waals surface area contributed by atoms with Crippen LogP contribution >= 0.6 is 12.4 Å². The van der Waals surface area contributed by atoms with Gasteiger partial charge < -0.3 is 19.7 Å². The van der Waals surface area contributed by atoms with Gasteiger partial charge in [-0.25, -0.2) is 0 Å². The van der Waals surface area contributed by atoms with Gasteiger partial charge in [-0.05, 0) is 42.8 Å². The summed E-state index contributed by atoms with van der Waals surface area (Å²) < 4.78 is 11.5. The zero-order chi connectivity index (χ0) is 22.9. The summed E-state index contributed by atoms with van der Waals surface area (Å²) in [6.07, 6.45) is 0.906. The van der Waals surface area contributed by atoms with Gasteiger partial charge in [0.15, 0.2) is 0 Å². The number of amides is 1. The van der Waals surface area contributed by atoms with E-state index in [0.29, 0.717) is 17.9 Å². The van der Waals surface area contributed by atoms with Gasteiger partial charge in [-0.2, -0.15) is 0 Å². The Hall–Kier alpha value is -3.22. The smallest absolute Gasteiger partial charge is 0.259 e. The van der Waals surface area contributed by atoms with Crippen molar-refractivity contribution >= 4 is 29.7 Å². The lowest BCUT2D eigenvalue weighted by molar-refractivity contribution is 0.102. The first-order chi connectivity index (χ1) is 16.2. The summed E-state index contributed by atoms with van der Waals surface area (Å²) >= 11 is 0.